The van der Waals surface area contributed by atoms with Crippen LogP contribution in [0, 0.1) is 0 Å². The number of nitrogens with zero attached hydrogens (tertiary/aromatic N) is 3. The molecule has 19 heavy (non-hydrogen) atoms. The maximum Gasteiger partial charge on any atom is 0.108 e. The van der Waals surface area contributed by atoms with Crippen LogP contribution in [-0.4, -0.2) is 54.6 Å². The average Bonchev–Trinajstić information content (AvgIpc) is 2.81. The third kappa shape index (κ3) is 2.57. The van der Waals surface area contributed by atoms with Gasteiger partial charge in [0.15, 0.2) is 0 Å². The molecule has 0 bridgehead atoms. The van der Waals surface area contributed by atoms with Gasteiger partial charge in [-0.1, -0.05) is 0 Å². The van der Waals surface area contributed by atoms with Gasteiger partial charge >= 0.3 is 0 Å². The molecule has 5 nitrogen and oxygen atoms in total. The number of aromatic nitrogens is 2. The zero-order valence-electron chi connectivity index (χ0n) is 11.4. The number of fused-ring (bicyclic) bond motifs is 1. The van der Waals surface area contributed by atoms with Crippen molar-refractivity contribution in [2.24, 2.45) is 5.73 Å². The van der Waals surface area contributed by atoms with Crippen LogP contribution in [0.3, 0.4) is 0 Å². The van der Waals surface area contributed by atoms with Crippen molar-refractivity contribution in [2.75, 3.05) is 44.7 Å². The second-order valence-electron chi connectivity index (χ2n) is 5.21. The van der Waals surface area contributed by atoms with Crippen molar-refractivity contribution in [3.8, 4) is 0 Å². The molecule has 0 saturated carbocycles. The molecule has 1 fully saturated rings. The van der Waals surface area contributed by atoms with Gasteiger partial charge in [-0.3, -0.25) is 0 Å². The number of rotatable bonds is 3. The molecule has 3 rings (SSSR count). The predicted octanol–water partition coefficient (Wildman–Crippen LogP) is 0.816. The molecule has 0 aliphatic carbocycles. The summed E-state index contributed by atoms with van der Waals surface area (Å²) in [7, 11) is 2.18. The Bertz CT molecular complexity index is 554. The standard InChI is InChI=1S/C14H21N5/c1-18-6-8-19(9-7-18)11-2-3-12-13(10-11)17-14(16-12)4-5-15/h2-3,10H,4-9,15H2,1H3,(H,16,17). The lowest BCUT2D eigenvalue weighted by atomic mass is 10.2. The molecule has 1 aromatic heterocycles. The summed E-state index contributed by atoms with van der Waals surface area (Å²) in [6.07, 6.45) is 0.804. The number of likely N-dealkylation sites (N-methyl/N-ethyl adjacent to an activating group) is 1. The lowest BCUT2D eigenvalue weighted by Gasteiger charge is -2.34. The Morgan fingerprint density at radius 1 is 1.26 bits per heavy atom. The molecule has 0 amide bonds. The number of nitrogens with two attached hydrogens (primary N) is 1. The van der Waals surface area contributed by atoms with Gasteiger partial charge in [-0.25, -0.2) is 4.98 Å². The molecule has 2 aromatic rings. The molecule has 0 unspecified atom stereocenters. The summed E-state index contributed by atoms with van der Waals surface area (Å²) in [5.74, 6) is 0.980. The molecular weight excluding hydrogens is 238 g/mol. The fourth-order valence-corrected chi connectivity index (χ4v) is 2.57. The summed E-state index contributed by atoms with van der Waals surface area (Å²) in [5.41, 5.74) is 8.99. The Kier molecular flexibility index (Phi) is 3.40. The van der Waals surface area contributed by atoms with Crippen molar-refractivity contribution in [2.45, 2.75) is 6.42 Å². The average molecular weight is 259 g/mol. The molecule has 0 radical (unpaired) electrons. The number of H-pyrrole nitrogens is 1. The van der Waals surface area contributed by atoms with E-state index < -0.39 is 0 Å². The summed E-state index contributed by atoms with van der Waals surface area (Å²) in [5, 5.41) is 0. The second-order valence-corrected chi connectivity index (χ2v) is 5.21. The van der Waals surface area contributed by atoms with E-state index in [-0.39, 0.29) is 0 Å². The Morgan fingerprint density at radius 3 is 2.79 bits per heavy atom. The summed E-state index contributed by atoms with van der Waals surface area (Å²) in [4.78, 5) is 12.7. The molecule has 1 aliphatic rings. The van der Waals surface area contributed by atoms with E-state index in [0.717, 1.165) is 49.5 Å². The fraction of sp³-hybridized carbons (Fsp3) is 0.500. The van der Waals surface area contributed by atoms with Crippen molar-refractivity contribution < 1.29 is 0 Å². The van der Waals surface area contributed by atoms with Gasteiger partial charge in [0, 0.05) is 38.3 Å². The maximum atomic E-state index is 5.57. The van der Waals surface area contributed by atoms with Gasteiger partial charge in [-0.05, 0) is 31.8 Å². The minimum absolute atomic E-state index is 0.630. The normalized spacial score (nSPS) is 17.3. The molecule has 3 N–H and O–H groups in total. The first-order valence-corrected chi connectivity index (χ1v) is 6.88. The van der Waals surface area contributed by atoms with Crippen LogP contribution in [0.4, 0.5) is 5.69 Å². The third-order valence-electron chi connectivity index (χ3n) is 3.76. The van der Waals surface area contributed by atoms with Crippen molar-refractivity contribution in [3.05, 3.63) is 24.0 Å². The van der Waals surface area contributed by atoms with Crippen molar-refractivity contribution in [1.82, 2.24) is 14.9 Å². The van der Waals surface area contributed by atoms with Crippen molar-refractivity contribution >= 4 is 16.7 Å². The lowest BCUT2D eigenvalue weighted by molar-refractivity contribution is 0.313. The number of hydrogen-bond donors (Lipinski definition) is 2. The number of nitrogens with one attached hydrogen (secondary N) is 1. The molecule has 0 atom stereocenters. The minimum Gasteiger partial charge on any atom is -0.369 e. The van der Waals surface area contributed by atoms with Crippen molar-refractivity contribution in [1.29, 1.82) is 0 Å². The minimum atomic E-state index is 0.630. The van der Waals surface area contributed by atoms with E-state index in [1.165, 1.54) is 5.69 Å². The smallest absolute Gasteiger partial charge is 0.108 e. The van der Waals surface area contributed by atoms with Crippen LogP contribution in [-0.2, 0) is 6.42 Å². The molecule has 1 saturated heterocycles. The van der Waals surface area contributed by atoms with E-state index >= 15 is 0 Å². The molecule has 1 aliphatic heterocycles. The Morgan fingerprint density at radius 2 is 2.05 bits per heavy atom. The van der Waals surface area contributed by atoms with E-state index in [9.17, 15) is 0 Å². The SMILES string of the molecule is CN1CCN(c2ccc3nc(CCN)[nH]c3c2)CC1. The topological polar surface area (TPSA) is 61.2 Å². The van der Waals surface area contributed by atoms with Crippen LogP contribution in [0.15, 0.2) is 18.2 Å². The molecule has 0 spiro atoms. The first-order chi connectivity index (χ1) is 9.26. The molecule has 1 aromatic carbocycles. The summed E-state index contributed by atoms with van der Waals surface area (Å²) in [6.45, 7) is 5.06. The van der Waals surface area contributed by atoms with Gasteiger partial charge in [0.25, 0.3) is 0 Å². The first kappa shape index (κ1) is 12.4. The van der Waals surface area contributed by atoms with Gasteiger partial charge in [-0.2, -0.15) is 0 Å². The van der Waals surface area contributed by atoms with Crippen LogP contribution in [0.25, 0.3) is 11.0 Å². The van der Waals surface area contributed by atoms with Gasteiger partial charge < -0.3 is 20.5 Å². The summed E-state index contributed by atoms with van der Waals surface area (Å²) in [6, 6.07) is 6.47. The van der Waals surface area contributed by atoms with Crippen LogP contribution in [0.5, 0.6) is 0 Å². The van der Waals surface area contributed by atoms with Gasteiger partial charge in [0.2, 0.25) is 0 Å². The zero-order chi connectivity index (χ0) is 13.2. The number of hydrogen-bond acceptors (Lipinski definition) is 4. The van der Waals surface area contributed by atoms with Gasteiger partial charge in [0.1, 0.15) is 5.82 Å². The lowest BCUT2D eigenvalue weighted by Crippen LogP contribution is -2.44. The predicted molar refractivity (Wildman–Crippen MR) is 78.6 cm³/mol. The first-order valence-electron chi connectivity index (χ1n) is 6.88. The third-order valence-corrected chi connectivity index (χ3v) is 3.76. The fourth-order valence-electron chi connectivity index (χ4n) is 2.57. The van der Waals surface area contributed by atoms with E-state index in [1.54, 1.807) is 0 Å². The van der Waals surface area contributed by atoms with E-state index in [1.807, 2.05) is 0 Å². The molecular formula is C14H21N5. The monoisotopic (exact) mass is 259 g/mol. The number of imidazole rings is 1. The van der Waals surface area contributed by atoms with E-state index in [0.29, 0.717) is 6.54 Å². The van der Waals surface area contributed by atoms with E-state index in [2.05, 4.69) is 45.0 Å². The van der Waals surface area contributed by atoms with Gasteiger partial charge in [0.05, 0.1) is 11.0 Å². The highest BCUT2D eigenvalue weighted by atomic mass is 15.2. The highest BCUT2D eigenvalue weighted by molar-refractivity contribution is 5.79. The molecule has 102 valence electrons. The quantitative estimate of drug-likeness (QED) is 0.856. The van der Waals surface area contributed by atoms with Crippen LogP contribution >= 0.6 is 0 Å². The number of anilines is 1. The van der Waals surface area contributed by atoms with Gasteiger partial charge in [-0.15, -0.1) is 0 Å². The summed E-state index contributed by atoms with van der Waals surface area (Å²) >= 11 is 0. The highest BCUT2D eigenvalue weighted by Gasteiger charge is 2.15. The zero-order valence-corrected chi connectivity index (χ0v) is 11.4. The molecule has 2 heterocycles. The van der Waals surface area contributed by atoms with Crippen molar-refractivity contribution in [3.63, 3.8) is 0 Å². The molecule has 5 heteroatoms. The number of piperazine rings is 1. The summed E-state index contributed by atoms with van der Waals surface area (Å²) < 4.78 is 0. The number of benzene rings is 1. The van der Waals surface area contributed by atoms with E-state index in [4.69, 9.17) is 5.73 Å². The second kappa shape index (κ2) is 5.19. The van der Waals surface area contributed by atoms with Crippen LogP contribution in [0.2, 0.25) is 0 Å². The highest BCUT2D eigenvalue weighted by Crippen LogP contribution is 2.21. The number of aromatic amines is 1. The maximum absolute atomic E-state index is 5.57. The van der Waals surface area contributed by atoms with Crippen LogP contribution < -0.4 is 10.6 Å². The van der Waals surface area contributed by atoms with Crippen LogP contribution in [0.1, 0.15) is 5.82 Å². The Labute approximate surface area is 113 Å². The Hall–Kier alpha value is -1.59. The largest absolute Gasteiger partial charge is 0.369 e. The Balaban J connectivity index is 1.84.